The maximum Gasteiger partial charge on any atom is 0.273 e. The van der Waals surface area contributed by atoms with Crippen molar-refractivity contribution in [3.05, 3.63) is 82.6 Å². The molecule has 6 heteroatoms. The molecule has 0 aliphatic heterocycles. The van der Waals surface area contributed by atoms with Crippen molar-refractivity contribution >= 4 is 17.5 Å². The highest BCUT2D eigenvalue weighted by Crippen LogP contribution is 2.09. The number of aromatic nitrogens is 3. The number of hydrogen-bond donors (Lipinski definition) is 1. The molecule has 5 nitrogen and oxygen atoms in total. The molecular weight excluding hydrogens is 348 g/mol. The first-order valence-electron chi connectivity index (χ1n) is 8.67. The van der Waals surface area contributed by atoms with Crippen molar-refractivity contribution < 1.29 is 4.79 Å². The van der Waals surface area contributed by atoms with Crippen LogP contribution in [0.5, 0.6) is 0 Å². The number of nitrogens with zero attached hydrogens (tertiary/aromatic N) is 3. The van der Waals surface area contributed by atoms with E-state index >= 15 is 0 Å². The summed E-state index contributed by atoms with van der Waals surface area (Å²) in [4.78, 5) is 12.1. The Morgan fingerprint density at radius 2 is 1.73 bits per heavy atom. The van der Waals surface area contributed by atoms with E-state index in [0.717, 1.165) is 31.4 Å². The number of halogens is 1. The molecule has 1 N–H and O–H groups in total. The van der Waals surface area contributed by atoms with E-state index in [0.29, 0.717) is 17.3 Å². The molecule has 1 heterocycles. The van der Waals surface area contributed by atoms with E-state index in [1.807, 2.05) is 42.5 Å². The molecular formula is C20H21ClN4O. The summed E-state index contributed by atoms with van der Waals surface area (Å²) in [6, 6.07) is 17.9. The van der Waals surface area contributed by atoms with Crippen LogP contribution in [-0.2, 0) is 19.4 Å². The molecule has 134 valence electrons. The molecule has 0 unspecified atom stereocenters. The Hall–Kier alpha value is -2.66. The van der Waals surface area contributed by atoms with Crippen molar-refractivity contribution in [1.29, 1.82) is 0 Å². The molecule has 0 radical (unpaired) electrons. The lowest BCUT2D eigenvalue weighted by molar-refractivity contribution is 0.0949. The van der Waals surface area contributed by atoms with Crippen LogP contribution in [0.3, 0.4) is 0 Å². The Kier molecular flexibility index (Phi) is 6.39. The normalized spacial score (nSPS) is 10.7. The lowest BCUT2D eigenvalue weighted by Gasteiger charge is -2.03. The van der Waals surface area contributed by atoms with Gasteiger partial charge in [-0.05, 0) is 42.5 Å². The first-order chi connectivity index (χ1) is 12.7. The van der Waals surface area contributed by atoms with Crippen molar-refractivity contribution in [3.63, 3.8) is 0 Å². The van der Waals surface area contributed by atoms with Gasteiger partial charge in [0.05, 0.1) is 6.20 Å². The van der Waals surface area contributed by atoms with E-state index in [4.69, 9.17) is 11.6 Å². The van der Waals surface area contributed by atoms with Gasteiger partial charge in [-0.2, -0.15) is 0 Å². The molecule has 0 aliphatic rings. The van der Waals surface area contributed by atoms with Gasteiger partial charge in [0.2, 0.25) is 0 Å². The van der Waals surface area contributed by atoms with Crippen LogP contribution in [0.2, 0.25) is 5.02 Å². The van der Waals surface area contributed by atoms with E-state index in [9.17, 15) is 4.79 Å². The summed E-state index contributed by atoms with van der Waals surface area (Å²) in [6.45, 7) is 1.28. The van der Waals surface area contributed by atoms with E-state index in [-0.39, 0.29) is 5.91 Å². The van der Waals surface area contributed by atoms with Gasteiger partial charge in [0.25, 0.3) is 5.91 Å². The predicted octanol–water partition coefficient (Wildman–Crippen LogP) is 3.54. The van der Waals surface area contributed by atoms with Gasteiger partial charge in [0.15, 0.2) is 5.69 Å². The molecule has 3 rings (SSSR count). The average Bonchev–Trinajstić information content (AvgIpc) is 3.13. The molecule has 2 aromatic carbocycles. The second-order valence-corrected chi connectivity index (χ2v) is 6.52. The molecule has 3 aromatic rings. The number of rotatable bonds is 8. The van der Waals surface area contributed by atoms with Gasteiger partial charge in [-0.15, -0.1) is 5.10 Å². The average molecular weight is 369 g/mol. The lowest BCUT2D eigenvalue weighted by Crippen LogP contribution is -2.26. The van der Waals surface area contributed by atoms with E-state index in [1.165, 1.54) is 5.56 Å². The number of carbonyl (C=O) groups is 1. The molecule has 0 spiro atoms. The van der Waals surface area contributed by atoms with Gasteiger partial charge in [-0.3, -0.25) is 9.48 Å². The fraction of sp³-hybridized carbons (Fsp3) is 0.250. The second kappa shape index (κ2) is 9.15. The molecule has 0 fully saturated rings. The Bertz CT molecular complexity index is 831. The zero-order valence-corrected chi connectivity index (χ0v) is 15.2. The topological polar surface area (TPSA) is 59.8 Å². The highest BCUT2D eigenvalue weighted by Gasteiger charge is 2.10. The van der Waals surface area contributed by atoms with Crippen LogP contribution in [0.4, 0.5) is 0 Å². The van der Waals surface area contributed by atoms with Crippen LogP contribution in [0.25, 0.3) is 0 Å². The van der Waals surface area contributed by atoms with Gasteiger partial charge in [-0.1, -0.05) is 59.3 Å². The number of hydrogen-bond acceptors (Lipinski definition) is 3. The molecule has 1 amide bonds. The van der Waals surface area contributed by atoms with Crippen molar-refractivity contribution in [2.24, 2.45) is 0 Å². The Labute approximate surface area is 158 Å². The maximum atomic E-state index is 12.1. The van der Waals surface area contributed by atoms with Crippen LogP contribution in [0, 0.1) is 0 Å². The zero-order valence-electron chi connectivity index (χ0n) is 14.4. The summed E-state index contributed by atoms with van der Waals surface area (Å²) in [5.74, 6) is -0.201. The Morgan fingerprint density at radius 1 is 1.00 bits per heavy atom. The van der Waals surface area contributed by atoms with Gasteiger partial charge in [-0.25, -0.2) is 0 Å². The van der Waals surface area contributed by atoms with Gasteiger partial charge in [0, 0.05) is 18.1 Å². The minimum Gasteiger partial charge on any atom is -0.350 e. The summed E-state index contributed by atoms with van der Waals surface area (Å²) in [7, 11) is 0. The minimum absolute atomic E-state index is 0.201. The number of amides is 1. The Balaban J connectivity index is 1.41. The molecule has 0 aliphatic carbocycles. The highest BCUT2D eigenvalue weighted by molar-refractivity contribution is 6.30. The summed E-state index contributed by atoms with van der Waals surface area (Å²) < 4.78 is 1.72. The molecule has 0 saturated carbocycles. The third-order valence-corrected chi connectivity index (χ3v) is 4.33. The predicted molar refractivity (Wildman–Crippen MR) is 102 cm³/mol. The molecule has 0 bridgehead atoms. The first kappa shape index (κ1) is 18.1. The molecule has 26 heavy (non-hydrogen) atoms. The SMILES string of the molecule is O=C(NCCc1ccc(Cl)cc1)c1cn(CCCc2ccccc2)nn1. The van der Waals surface area contributed by atoms with Crippen LogP contribution < -0.4 is 5.32 Å². The third-order valence-electron chi connectivity index (χ3n) is 4.08. The number of aryl methyl sites for hydroxylation is 2. The summed E-state index contributed by atoms with van der Waals surface area (Å²) in [5.41, 5.74) is 2.77. The smallest absolute Gasteiger partial charge is 0.273 e. The van der Waals surface area contributed by atoms with Crippen molar-refractivity contribution in [2.45, 2.75) is 25.8 Å². The first-order valence-corrected chi connectivity index (χ1v) is 9.05. The Morgan fingerprint density at radius 3 is 2.50 bits per heavy atom. The fourth-order valence-corrected chi connectivity index (χ4v) is 2.79. The largest absolute Gasteiger partial charge is 0.350 e. The summed E-state index contributed by atoms with van der Waals surface area (Å²) >= 11 is 5.86. The quantitative estimate of drug-likeness (QED) is 0.661. The summed E-state index contributed by atoms with van der Waals surface area (Å²) in [5, 5.41) is 11.6. The highest BCUT2D eigenvalue weighted by atomic mass is 35.5. The molecule has 0 atom stereocenters. The fourth-order valence-electron chi connectivity index (χ4n) is 2.66. The van der Waals surface area contributed by atoms with Crippen LogP contribution in [0.15, 0.2) is 60.8 Å². The standard InChI is InChI=1S/C20H21ClN4O/c21-18-10-8-17(9-11-18)12-13-22-20(26)19-15-25(24-23-19)14-4-7-16-5-2-1-3-6-16/h1-3,5-6,8-11,15H,4,7,12-14H2,(H,22,26). The van der Waals surface area contributed by atoms with Crippen molar-refractivity contribution in [3.8, 4) is 0 Å². The maximum absolute atomic E-state index is 12.1. The van der Waals surface area contributed by atoms with Crippen LogP contribution in [-0.4, -0.2) is 27.4 Å². The lowest BCUT2D eigenvalue weighted by atomic mass is 10.1. The number of carbonyl (C=O) groups excluding carboxylic acids is 1. The third kappa shape index (κ3) is 5.43. The molecule has 0 saturated heterocycles. The van der Waals surface area contributed by atoms with Crippen molar-refractivity contribution in [2.75, 3.05) is 6.54 Å². The van der Waals surface area contributed by atoms with E-state index < -0.39 is 0 Å². The number of benzene rings is 2. The van der Waals surface area contributed by atoms with E-state index in [2.05, 4.69) is 27.8 Å². The number of nitrogens with one attached hydrogen (secondary N) is 1. The van der Waals surface area contributed by atoms with E-state index in [1.54, 1.807) is 10.9 Å². The summed E-state index contributed by atoms with van der Waals surface area (Å²) in [6.07, 6.45) is 4.37. The van der Waals surface area contributed by atoms with Crippen molar-refractivity contribution in [1.82, 2.24) is 20.3 Å². The molecule has 1 aromatic heterocycles. The van der Waals surface area contributed by atoms with Gasteiger partial charge in [0.1, 0.15) is 0 Å². The second-order valence-electron chi connectivity index (χ2n) is 6.09. The monoisotopic (exact) mass is 368 g/mol. The minimum atomic E-state index is -0.201. The van der Waals surface area contributed by atoms with Gasteiger partial charge >= 0.3 is 0 Å². The van der Waals surface area contributed by atoms with Gasteiger partial charge < -0.3 is 5.32 Å². The zero-order chi connectivity index (χ0) is 18.2. The van der Waals surface area contributed by atoms with Crippen LogP contribution >= 0.6 is 11.6 Å². The van der Waals surface area contributed by atoms with Crippen LogP contribution in [0.1, 0.15) is 28.0 Å².